The Kier molecular flexibility index (Phi) is 4.51. The molecule has 1 saturated carbocycles. The van der Waals surface area contributed by atoms with Crippen molar-refractivity contribution in [1.82, 2.24) is 0 Å². The van der Waals surface area contributed by atoms with Gasteiger partial charge in [0.25, 0.3) is 0 Å². The quantitative estimate of drug-likeness (QED) is 0.763. The van der Waals surface area contributed by atoms with Crippen LogP contribution in [0.4, 0.5) is 13.2 Å². The van der Waals surface area contributed by atoms with E-state index in [1.54, 1.807) is 18.2 Å². The highest BCUT2D eigenvalue weighted by molar-refractivity contribution is 6.00. The normalized spacial score (nSPS) is 26.7. The van der Waals surface area contributed by atoms with Gasteiger partial charge in [0, 0.05) is 11.8 Å². The van der Waals surface area contributed by atoms with Gasteiger partial charge in [-0.25, -0.2) is 0 Å². The summed E-state index contributed by atoms with van der Waals surface area (Å²) < 4.78 is 46.2. The second-order valence-electron chi connectivity index (χ2n) is 6.42. The van der Waals surface area contributed by atoms with E-state index >= 15 is 0 Å². The first-order valence-corrected chi connectivity index (χ1v) is 8.06. The zero-order valence-corrected chi connectivity index (χ0v) is 13.9. The fourth-order valence-electron chi connectivity index (χ4n) is 3.98. The van der Waals surface area contributed by atoms with E-state index < -0.39 is 40.6 Å². The predicted octanol–water partition coefficient (Wildman–Crippen LogP) is 3.57. The third-order valence-corrected chi connectivity index (χ3v) is 5.16. The lowest BCUT2D eigenvalue weighted by molar-refractivity contribution is -0.138. The molecule has 8 heteroatoms. The molecule has 1 aliphatic carbocycles. The molecule has 1 aromatic carbocycles. The molecule has 0 unspecified atom stereocenters. The summed E-state index contributed by atoms with van der Waals surface area (Å²) >= 11 is 0. The number of ether oxygens (including phenoxy) is 1. The Morgan fingerprint density at radius 2 is 1.81 bits per heavy atom. The lowest BCUT2D eigenvalue weighted by atomic mass is 9.54. The average Bonchev–Trinajstić information content (AvgIpc) is 2.66. The van der Waals surface area contributed by atoms with Gasteiger partial charge in [0.05, 0.1) is 42.7 Å². The van der Waals surface area contributed by atoms with E-state index in [0.717, 1.165) is 6.07 Å². The Balaban J connectivity index is 2.33. The van der Waals surface area contributed by atoms with Crippen molar-refractivity contribution in [2.24, 2.45) is 17.3 Å². The molecular weight excluding hydrogens is 357 g/mol. The summed E-state index contributed by atoms with van der Waals surface area (Å²) in [5.74, 6) is -3.18. The van der Waals surface area contributed by atoms with Gasteiger partial charge < -0.3 is 10.1 Å². The molecule has 0 bridgehead atoms. The van der Waals surface area contributed by atoms with Crippen LogP contribution in [0.5, 0.6) is 0 Å². The summed E-state index contributed by atoms with van der Waals surface area (Å²) in [6, 6.07) is 10.2. The summed E-state index contributed by atoms with van der Waals surface area (Å²) in [7, 11) is 0. The number of halogens is 3. The van der Waals surface area contributed by atoms with E-state index in [4.69, 9.17) is 10.1 Å². The lowest BCUT2D eigenvalue weighted by Crippen LogP contribution is -2.50. The standard InChI is InChI=1S/C19H13F3N4O/c20-19(21,22)15-4-2-1-3-12(15)16-14-8-27-6-5-11(14)13(7-23)17(26)18(16,9-24)10-25/h1-5,13-14,16,26H,6,8H2/t13-,14+,16-/m1/s1. The van der Waals surface area contributed by atoms with E-state index in [-0.39, 0.29) is 18.8 Å². The smallest absolute Gasteiger partial charge is 0.377 e. The maximum atomic E-state index is 13.6. The fraction of sp³-hybridized carbons (Fsp3) is 0.368. The first-order chi connectivity index (χ1) is 12.8. The van der Waals surface area contributed by atoms with Crippen LogP contribution in [-0.2, 0) is 10.9 Å². The van der Waals surface area contributed by atoms with Crippen LogP contribution < -0.4 is 0 Å². The van der Waals surface area contributed by atoms with Gasteiger partial charge in [-0.2, -0.15) is 29.0 Å². The Morgan fingerprint density at radius 1 is 1.15 bits per heavy atom. The monoisotopic (exact) mass is 370 g/mol. The topological polar surface area (TPSA) is 104 Å². The third-order valence-electron chi connectivity index (χ3n) is 5.16. The molecule has 0 amide bonds. The second kappa shape index (κ2) is 6.54. The minimum absolute atomic E-state index is 0.0285. The molecule has 136 valence electrons. The first kappa shape index (κ1) is 18.6. The number of benzene rings is 1. The fourth-order valence-corrected chi connectivity index (χ4v) is 3.98. The Morgan fingerprint density at radius 3 is 2.41 bits per heavy atom. The molecule has 0 saturated heterocycles. The molecule has 0 aromatic heterocycles. The van der Waals surface area contributed by atoms with Gasteiger partial charge in [-0.1, -0.05) is 24.3 Å². The van der Waals surface area contributed by atoms with Gasteiger partial charge in [0.1, 0.15) is 5.92 Å². The number of fused-ring (bicyclic) bond motifs is 1. The number of hydrogen-bond acceptors (Lipinski definition) is 5. The summed E-state index contributed by atoms with van der Waals surface area (Å²) in [5.41, 5.74) is -3.43. The molecule has 1 aromatic rings. The maximum absolute atomic E-state index is 13.6. The van der Waals surface area contributed by atoms with Crippen LogP contribution in [0.15, 0.2) is 35.9 Å². The maximum Gasteiger partial charge on any atom is 0.416 e. The summed E-state index contributed by atoms with van der Waals surface area (Å²) in [6.45, 7) is 0.135. The minimum Gasteiger partial charge on any atom is -0.377 e. The van der Waals surface area contributed by atoms with Crippen LogP contribution in [-0.4, -0.2) is 18.9 Å². The number of nitrogens with one attached hydrogen (secondary N) is 1. The second-order valence-corrected chi connectivity index (χ2v) is 6.42. The van der Waals surface area contributed by atoms with Gasteiger partial charge in [0.15, 0.2) is 5.41 Å². The molecule has 1 aliphatic heterocycles. The molecule has 5 nitrogen and oxygen atoms in total. The molecule has 0 spiro atoms. The van der Waals surface area contributed by atoms with E-state index in [0.29, 0.717) is 5.57 Å². The van der Waals surface area contributed by atoms with Gasteiger partial charge in [-0.05, 0) is 17.2 Å². The summed E-state index contributed by atoms with van der Waals surface area (Å²) in [4.78, 5) is 0. The largest absolute Gasteiger partial charge is 0.416 e. The highest BCUT2D eigenvalue weighted by Gasteiger charge is 2.58. The zero-order chi connectivity index (χ0) is 19.8. The highest BCUT2D eigenvalue weighted by atomic mass is 19.4. The molecule has 1 heterocycles. The van der Waals surface area contributed by atoms with Crippen molar-refractivity contribution in [3.63, 3.8) is 0 Å². The van der Waals surface area contributed by atoms with Gasteiger partial charge >= 0.3 is 6.18 Å². The Bertz CT molecular complexity index is 931. The molecule has 0 radical (unpaired) electrons. The molecule has 1 fully saturated rings. The number of alkyl halides is 3. The van der Waals surface area contributed by atoms with Crippen LogP contribution in [0, 0.1) is 56.7 Å². The van der Waals surface area contributed by atoms with E-state index in [1.165, 1.54) is 18.2 Å². The third kappa shape index (κ3) is 2.68. The lowest BCUT2D eigenvalue weighted by Gasteiger charge is -2.46. The molecule has 2 aliphatic rings. The zero-order valence-electron chi connectivity index (χ0n) is 13.9. The number of nitriles is 3. The minimum atomic E-state index is -4.69. The van der Waals surface area contributed by atoms with E-state index in [2.05, 4.69) is 0 Å². The van der Waals surface area contributed by atoms with Gasteiger partial charge in [0.2, 0.25) is 0 Å². The van der Waals surface area contributed by atoms with Gasteiger partial charge in [-0.15, -0.1) is 0 Å². The van der Waals surface area contributed by atoms with Crippen LogP contribution in [0.1, 0.15) is 17.0 Å². The van der Waals surface area contributed by atoms with Crippen LogP contribution in [0.25, 0.3) is 0 Å². The van der Waals surface area contributed by atoms with E-state index in [1.807, 2.05) is 6.07 Å². The summed E-state index contributed by atoms with van der Waals surface area (Å²) in [5, 5.41) is 37.4. The highest BCUT2D eigenvalue weighted by Crippen LogP contribution is 2.54. The summed E-state index contributed by atoms with van der Waals surface area (Å²) in [6.07, 6.45) is -3.13. The van der Waals surface area contributed by atoms with Crippen molar-refractivity contribution in [3.05, 3.63) is 47.0 Å². The van der Waals surface area contributed by atoms with Crippen LogP contribution in [0.2, 0.25) is 0 Å². The van der Waals surface area contributed by atoms with Gasteiger partial charge in [-0.3, -0.25) is 0 Å². The number of nitrogens with zero attached hydrogens (tertiary/aromatic N) is 3. The van der Waals surface area contributed by atoms with Crippen LogP contribution in [0.3, 0.4) is 0 Å². The Labute approximate surface area is 153 Å². The van der Waals surface area contributed by atoms with Crippen molar-refractivity contribution in [3.8, 4) is 18.2 Å². The number of hydrogen-bond donors (Lipinski definition) is 1. The SMILES string of the molecule is N#C[C@H]1C(=N)C(C#N)(C#N)[C@H](c2ccccc2C(F)(F)F)[C@H]2COCC=C12. The van der Waals surface area contributed by atoms with Crippen molar-refractivity contribution in [1.29, 1.82) is 21.2 Å². The Hall–Kier alpha value is -3.15. The van der Waals surface area contributed by atoms with Crippen molar-refractivity contribution < 1.29 is 17.9 Å². The average molecular weight is 370 g/mol. The van der Waals surface area contributed by atoms with E-state index in [9.17, 15) is 29.0 Å². The molecule has 27 heavy (non-hydrogen) atoms. The van der Waals surface area contributed by atoms with Crippen molar-refractivity contribution in [2.75, 3.05) is 13.2 Å². The first-order valence-electron chi connectivity index (χ1n) is 8.06. The van der Waals surface area contributed by atoms with Crippen LogP contribution >= 0.6 is 0 Å². The van der Waals surface area contributed by atoms with Crippen molar-refractivity contribution >= 4 is 5.71 Å². The number of rotatable bonds is 1. The predicted molar refractivity (Wildman–Crippen MR) is 87.1 cm³/mol. The molecule has 3 atom stereocenters. The van der Waals surface area contributed by atoms with Crippen molar-refractivity contribution in [2.45, 2.75) is 12.1 Å². The molecular formula is C19H13F3N4O. The molecule has 3 rings (SSSR count). The molecule has 1 N–H and O–H groups in total.